The van der Waals surface area contributed by atoms with Crippen LogP contribution in [0.5, 0.6) is 0 Å². The Morgan fingerprint density at radius 2 is 2.17 bits per heavy atom. The summed E-state index contributed by atoms with van der Waals surface area (Å²) < 4.78 is 6.82. The fraction of sp³-hybridized carbons (Fsp3) is 0.688. The molecule has 2 aliphatic heterocycles. The number of nitrogens with one attached hydrogen (secondary N) is 1. The number of halogens is 2. The van der Waals surface area contributed by atoms with Crippen LogP contribution in [0.25, 0.3) is 0 Å². The number of rotatable bonds is 4. The van der Waals surface area contributed by atoms with Gasteiger partial charge in [-0.1, -0.05) is 0 Å². The number of nitrogens with zero attached hydrogens (tertiary/aromatic N) is 3. The number of hydrogen-bond acceptors (Lipinski definition) is 4. The molecule has 5 nitrogen and oxygen atoms in total. The highest BCUT2D eigenvalue weighted by Gasteiger charge is 2.30. The van der Waals surface area contributed by atoms with Crippen molar-refractivity contribution in [2.24, 2.45) is 4.99 Å². The molecule has 24 heavy (non-hydrogen) atoms. The third-order valence-corrected chi connectivity index (χ3v) is 6.47. The van der Waals surface area contributed by atoms with Gasteiger partial charge in [0.1, 0.15) is 0 Å². The second-order valence-electron chi connectivity index (χ2n) is 5.97. The summed E-state index contributed by atoms with van der Waals surface area (Å²) >= 11 is 4.25. The quantitative estimate of drug-likeness (QED) is 0.340. The molecule has 3 heterocycles. The van der Waals surface area contributed by atoms with Crippen LogP contribution in [0.3, 0.4) is 0 Å². The average molecular weight is 576 g/mol. The summed E-state index contributed by atoms with van der Waals surface area (Å²) in [7, 11) is 1.89. The molecule has 0 radical (unpaired) electrons. The molecule has 1 aromatic rings. The molecule has 1 aromatic heterocycles. The highest BCUT2D eigenvalue weighted by atomic mass is 127. The number of hydrogen-bond donors (Lipinski definition) is 1. The molecule has 0 amide bonds. The highest BCUT2D eigenvalue weighted by molar-refractivity contribution is 14.1. The maximum Gasteiger partial charge on any atom is 0.193 e. The molecule has 1 unspecified atom stereocenters. The lowest BCUT2D eigenvalue weighted by Crippen LogP contribution is -2.46. The maximum absolute atomic E-state index is 5.46. The normalized spacial score (nSPS) is 22.5. The monoisotopic (exact) mass is 576 g/mol. The van der Waals surface area contributed by atoms with Gasteiger partial charge in [-0.25, -0.2) is 0 Å². The lowest BCUT2D eigenvalue weighted by Gasteiger charge is -2.32. The zero-order valence-corrected chi connectivity index (χ0v) is 19.3. The Labute approximate surface area is 179 Å². The van der Waals surface area contributed by atoms with Crippen LogP contribution in [-0.4, -0.2) is 74.8 Å². The van der Waals surface area contributed by atoms with Crippen molar-refractivity contribution in [3.05, 3.63) is 19.9 Å². The van der Waals surface area contributed by atoms with E-state index < -0.39 is 0 Å². The van der Waals surface area contributed by atoms with Crippen molar-refractivity contribution in [1.82, 2.24) is 15.1 Å². The van der Waals surface area contributed by atoms with Gasteiger partial charge in [-0.05, 0) is 47.6 Å². The molecule has 1 atom stereocenters. The molecule has 2 fully saturated rings. The van der Waals surface area contributed by atoms with Gasteiger partial charge >= 0.3 is 0 Å². The Kier molecular flexibility index (Phi) is 9.03. The number of thiophene rings is 1. The molecule has 3 rings (SSSR count). The van der Waals surface area contributed by atoms with Crippen molar-refractivity contribution >= 4 is 63.9 Å². The van der Waals surface area contributed by atoms with E-state index in [4.69, 9.17) is 4.74 Å². The summed E-state index contributed by atoms with van der Waals surface area (Å²) in [6, 6.07) is 5.06. The standard InChI is InChI=1S/C16H25IN4OS.HI/c1-18-16(19-6-4-14-2-3-15(17)23-14)21-7-5-13(12-21)20-8-10-22-11-9-20;/h2-3,13H,4-12H2,1H3,(H,18,19);1H. The van der Waals surface area contributed by atoms with Crippen molar-refractivity contribution < 1.29 is 4.74 Å². The molecule has 136 valence electrons. The minimum atomic E-state index is 0. The van der Waals surface area contributed by atoms with Crippen LogP contribution in [0.1, 0.15) is 11.3 Å². The summed E-state index contributed by atoms with van der Waals surface area (Å²) in [6.45, 7) is 7.02. The lowest BCUT2D eigenvalue weighted by atomic mass is 10.2. The predicted molar refractivity (Wildman–Crippen MR) is 120 cm³/mol. The van der Waals surface area contributed by atoms with Gasteiger partial charge in [0.2, 0.25) is 0 Å². The Balaban J connectivity index is 0.00000208. The van der Waals surface area contributed by atoms with Gasteiger partial charge in [-0.15, -0.1) is 35.3 Å². The van der Waals surface area contributed by atoms with Crippen molar-refractivity contribution in [2.45, 2.75) is 18.9 Å². The molecular formula is C16H26I2N4OS. The molecule has 0 aromatic carbocycles. The highest BCUT2D eigenvalue weighted by Crippen LogP contribution is 2.19. The Bertz CT molecular complexity index is 534. The van der Waals surface area contributed by atoms with Gasteiger partial charge in [0, 0.05) is 50.7 Å². The Hall–Kier alpha value is 0.350. The van der Waals surface area contributed by atoms with Crippen LogP contribution in [0.4, 0.5) is 0 Å². The summed E-state index contributed by atoms with van der Waals surface area (Å²) in [5.41, 5.74) is 0. The van der Waals surface area contributed by atoms with Crippen molar-refractivity contribution in [3.63, 3.8) is 0 Å². The first-order valence-corrected chi connectivity index (χ1v) is 10.2. The largest absolute Gasteiger partial charge is 0.379 e. The molecule has 2 aliphatic rings. The molecule has 8 heteroatoms. The van der Waals surface area contributed by atoms with Crippen LogP contribution in [0.15, 0.2) is 17.1 Å². The minimum Gasteiger partial charge on any atom is -0.379 e. The van der Waals surface area contributed by atoms with Crippen LogP contribution >= 0.6 is 57.9 Å². The second kappa shape index (κ2) is 10.5. The van der Waals surface area contributed by atoms with Gasteiger partial charge < -0.3 is 15.0 Å². The number of guanidine groups is 1. The van der Waals surface area contributed by atoms with Gasteiger partial charge in [-0.2, -0.15) is 0 Å². The lowest BCUT2D eigenvalue weighted by molar-refractivity contribution is 0.0195. The third kappa shape index (κ3) is 5.68. The van der Waals surface area contributed by atoms with E-state index in [0.717, 1.165) is 58.3 Å². The summed E-state index contributed by atoms with van der Waals surface area (Å²) in [6.07, 6.45) is 2.29. The van der Waals surface area contributed by atoms with Crippen molar-refractivity contribution in [1.29, 1.82) is 0 Å². The first-order valence-electron chi connectivity index (χ1n) is 8.28. The van der Waals surface area contributed by atoms with Crippen LogP contribution < -0.4 is 5.32 Å². The number of aliphatic imine (C=N–C) groups is 1. The van der Waals surface area contributed by atoms with E-state index >= 15 is 0 Å². The van der Waals surface area contributed by atoms with E-state index in [1.54, 1.807) is 0 Å². The minimum absolute atomic E-state index is 0. The molecule has 0 saturated carbocycles. The maximum atomic E-state index is 5.46. The van der Waals surface area contributed by atoms with E-state index in [1.807, 2.05) is 18.4 Å². The molecule has 0 spiro atoms. The van der Waals surface area contributed by atoms with Gasteiger partial charge in [-0.3, -0.25) is 9.89 Å². The summed E-state index contributed by atoms with van der Waals surface area (Å²) in [4.78, 5) is 10.9. The molecule has 2 saturated heterocycles. The van der Waals surface area contributed by atoms with Gasteiger partial charge in [0.15, 0.2) is 5.96 Å². The summed E-state index contributed by atoms with van der Waals surface area (Å²) in [5.74, 6) is 1.05. The second-order valence-corrected chi connectivity index (χ2v) is 9.03. The van der Waals surface area contributed by atoms with Crippen LogP contribution in [0.2, 0.25) is 0 Å². The Morgan fingerprint density at radius 1 is 1.38 bits per heavy atom. The smallest absolute Gasteiger partial charge is 0.193 e. The zero-order valence-electron chi connectivity index (χ0n) is 14.0. The molecule has 1 N–H and O–H groups in total. The van der Waals surface area contributed by atoms with Crippen molar-refractivity contribution in [2.75, 3.05) is 53.0 Å². The number of morpholine rings is 1. The Morgan fingerprint density at radius 3 is 2.83 bits per heavy atom. The zero-order chi connectivity index (χ0) is 16.1. The topological polar surface area (TPSA) is 40.1 Å². The average Bonchev–Trinajstić information content (AvgIpc) is 3.22. The SMILES string of the molecule is CN=C(NCCc1ccc(I)s1)N1CCC(N2CCOCC2)C1.I. The number of likely N-dealkylation sites (tertiary alicyclic amines) is 1. The van der Waals surface area contributed by atoms with E-state index in [0.29, 0.717) is 6.04 Å². The van der Waals surface area contributed by atoms with E-state index in [9.17, 15) is 0 Å². The summed E-state index contributed by atoms with van der Waals surface area (Å²) in [5, 5.41) is 3.53. The predicted octanol–water partition coefficient (Wildman–Crippen LogP) is 2.50. The first-order chi connectivity index (χ1) is 11.3. The number of ether oxygens (including phenoxy) is 1. The van der Waals surface area contributed by atoms with Crippen molar-refractivity contribution in [3.8, 4) is 0 Å². The van der Waals surface area contributed by atoms with E-state index in [-0.39, 0.29) is 24.0 Å². The van der Waals surface area contributed by atoms with Crippen LogP contribution in [-0.2, 0) is 11.2 Å². The molecule has 0 aliphatic carbocycles. The van der Waals surface area contributed by atoms with E-state index in [1.165, 1.54) is 14.2 Å². The fourth-order valence-corrected chi connectivity index (χ4v) is 5.05. The van der Waals surface area contributed by atoms with Gasteiger partial charge in [0.25, 0.3) is 0 Å². The fourth-order valence-electron chi connectivity index (χ4n) is 3.29. The third-order valence-electron chi connectivity index (χ3n) is 4.52. The van der Waals surface area contributed by atoms with Crippen LogP contribution in [0, 0.1) is 2.88 Å². The first kappa shape index (κ1) is 20.7. The van der Waals surface area contributed by atoms with Gasteiger partial charge in [0.05, 0.1) is 16.1 Å². The molecule has 0 bridgehead atoms. The van der Waals surface area contributed by atoms with E-state index in [2.05, 4.69) is 54.8 Å². The molecular weight excluding hydrogens is 550 g/mol.